The summed E-state index contributed by atoms with van der Waals surface area (Å²) in [4.78, 5) is 0. The van der Waals surface area contributed by atoms with Gasteiger partial charge in [0.2, 0.25) is 0 Å². The maximum atomic E-state index is 5.38. The van der Waals surface area contributed by atoms with Gasteiger partial charge in [0.15, 0.2) is 0 Å². The highest BCUT2D eigenvalue weighted by Crippen LogP contribution is 2.25. The first-order valence-corrected chi connectivity index (χ1v) is 9.56. The molecule has 0 aliphatic carbocycles. The molecule has 0 radical (unpaired) electrons. The monoisotopic (exact) mass is 349 g/mol. The predicted octanol–water partition coefficient (Wildman–Crippen LogP) is 6.55. The quantitative estimate of drug-likeness (QED) is 0.666. The largest absolute Gasteiger partial charge is 0.496 e. The minimum atomic E-state index is 0.234. The Hall–Kier alpha value is -1.02. The maximum absolute atomic E-state index is 5.38. The van der Waals surface area contributed by atoms with Crippen LogP contribution in [0.4, 0.5) is 0 Å². The highest BCUT2D eigenvalue weighted by atomic mass is 16.5. The van der Waals surface area contributed by atoms with Gasteiger partial charge >= 0.3 is 0 Å². The fourth-order valence-corrected chi connectivity index (χ4v) is 3.04. The zero-order valence-electron chi connectivity index (χ0n) is 18.8. The second kappa shape index (κ2) is 9.62. The molecule has 1 aromatic carbocycles. The summed E-state index contributed by atoms with van der Waals surface area (Å²) in [5, 5.41) is 3.46. The number of nitrogens with one attached hydrogen (secondary N) is 1. The van der Waals surface area contributed by atoms with E-state index < -0.39 is 0 Å². The summed E-state index contributed by atoms with van der Waals surface area (Å²) < 4.78 is 5.38. The van der Waals surface area contributed by atoms with E-state index in [1.54, 1.807) is 7.11 Å². The van der Waals surface area contributed by atoms with Crippen LogP contribution in [0.5, 0.6) is 5.75 Å². The Morgan fingerprint density at radius 2 is 1.40 bits per heavy atom. The third-order valence-electron chi connectivity index (χ3n) is 3.56. The van der Waals surface area contributed by atoms with E-state index in [-0.39, 0.29) is 11.1 Å². The lowest BCUT2D eigenvalue weighted by molar-refractivity contribution is 0.303. The van der Waals surface area contributed by atoms with Crippen LogP contribution in [0, 0.1) is 12.3 Å². The molecule has 0 atom stereocenters. The lowest BCUT2D eigenvalue weighted by Gasteiger charge is -2.31. The first-order chi connectivity index (χ1) is 11.1. The first-order valence-electron chi connectivity index (χ1n) is 9.56. The second-order valence-electron chi connectivity index (χ2n) is 10.4. The van der Waals surface area contributed by atoms with E-state index in [1.807, 2.05) is 0 Å². The molecule has 0 heterocycles. The van der Waals surface area contributed by atoms with Crippen LogP contribution in [-0.4, -0.2) is 18.2 Å². The van der Waals surface area contributed by atoms with Crippen LogP contribution < -0.4 is 10.1 Å². The highest BCUT2D eigenvalue weighted by Gasteiger charge is 2.18. The van der Waals surface area contributed by atoms with Gasteiger partial charge in [-0.05, 0) is 84.8 Å². The molecule has 1 N–H and O–H groups in total. The molecule has 0 bridgehead atoms. The minimum absolute atomic E-state index is 0.234. The van der Waals surface area contributed by atoms with Gasteiger partial charge in [-0.3, -0.25) is 0 Å². The van der Waals surface area contributed by atoms with Crippen molar-refractivity contribution in [1.29, 1.82) is 0 Å². The van der Waals surface area contributed by atoms with Gasteiger partial charge in [-0.2, -0.15) is 0 Å². The standard InChI is InChI=1S/C15H24O.C8H19N/c1-12-8-9-14(16-5)13(11-12)7-6-10-15(2,3)4;1-7(2,3)9-8(4,5)6/h8-9,11H,6-7,10H2,1-5H3;9H,1-6H3. The van der Waals surface area contributed by atoms with Crippen LogP contribution in [0.15, 0.2) is 18.2 Å². The third-order valence-corrected chi connectivity index (χ3v) is 3.56. The van der Waals surface area contributed by atoms with E-state index in [0.717, 1.165) is 12.2 Å². The third kappa shape index (κ3) is 13.9. The number of hydrogen-bond acceptors (Lipinski definition) is 2. The number of aryl methyl sites for hydroxylation is 2. The van der Waals surface area contributed by atoms with E-state index in [4.69, 9.17) is 4.74 Å². The van der Waals surface area contributed by atoms with Gasteiger partial charge in [0.05, 0.1) is 7.11 Å². The number of rotatable bonds is 4. The molecule has 1 aromatic rings. The Labute approximate surface area is 157 Å². The zero-order valence-corrected chi connectivity index (χ0v) is 18.8. The Morgan fingerprint density at radius 1 is 0.880 bits per heavy atom. The van der Waals surface area contributed by atoms with Gasteiger partial charge in [-0.1, -0.05) is 38.5 Å². The molecule has 0 spiro atoms. The van der Waals surface area contributed by atoms with Crippen molar-refractivity contribution in [2.45, 2.75) is 99.6 Å². The number of benzene rings is 1. The van der Waals surface area contributed by atoms with Crippen LogP contribution >= 0.6 is 0 Å². The molecular weight excluding hydrogens is 306 g/mol. The number of hydrogen-bond donors (Lipinski definition) is 1. The molecule has 146 valence electrons. The normalized spacial score (nSPS) is 12.4. The number of ether oxygens (including phenoxy) is 1. The first kappa shape index (κ1) is 24.0. The van der Waals surface area contributed by atoms with E-state index in [1.165, 1.54) is 24.0 Å². The van der Waals surface area contributed by atoms with Crippen LogP contribution in [0.3, 0.4) is 0 Å². The molecule has 0 fully saturated rings. The molecule has 0 unspecified atom stereocenters. The second-order valence-corrected chi connectivity index (χ2v) is 10.4. The van der Waals surface area contributed by atoms with Gasteiger partial charge in [0.1, 0.15) is 5.75 Å². The highest BCUT2D eigenvalue weighted by molar-refractivity contribution is 5.36. The van der Waals surface area contributed by atoms with Crippen molar-refractivity contribution in [3.8, 4) is 5.75 Å². The predicted molar refractivity (Wildman–Crippen MR) is 113 cm³/mol. The molecule has 0 saturated carbocycles. The smallest absolute Gasteiger partial charge is 0.122 e. The summed E-state index contributed by atoms with van der Waals surface area (Å²) in [6.45, 7) is 22.1. The summed E-state index contributed by atoms with van der Waals surface area (Å²) >= 11 is 0. The van der Waals surface area contributed by atoms with Crippen LogP contribution in [0.2, 0.25) is 0 Å². The molecule has 25 heavy (non-hydrogen) atoms. The Bertz CT molecular complexity index is 486. The van der Waals surface area contributed by atoms with E-state index >= 15 is 0 Å². The zero-order chi connectivity index (χ0) is 19.9. The summed E-state index contributed by atoms with van der Waals surface area (Å²) in [6.07, 6.45) is 3.59. The Balaban J connectivity index is 0.000000547. The van der Waals surface area contributed by atoms with Gasteiger partial charge in [0.25, 0.3) is 0 Å². The molecule has 2 nitrogen and oxygen atoms in total. The lowest BCUT2D eigenvalue weighted by Crippen LogP contribution is -2.48. The molecule has 0 amide bonds. The van der Waals surface area contributed by atoms with Gasteiger partial charge in [-0.15, -0.1) is 0 Å². The number of methoxy groups -OCH3 is 1. The molecule has 2 heteroatoms. The summed E-state index contributed by atoms with van der Waals surface area (Å²) in [5.74, 6) is 1.03. The van der Waals surface area contributed by atoms with Crippen molar-refractivity contribution in [3.05, 3.63) is 29.3 Å². The molecule has 0 aromatic heterocycles. The van der Waals surface area contributed by atoms with Crippen LogP contribution in [0.1, 0.15) is 86.3 Å². The molecule has 0 aliphatic rings. The van der Waals surface area contributed by atoms with Crippen molar-refractivity contribution in [3.63, 3.8) is 0 Å². The average Bonchev–Trinajstić information content (AvgIpc) is 2.33. The topological polar surface area (TPSA) is 21.3 Å². The minimum Gasteiger partial charge on any atom is -0.496 e. The summed E-state index contributed by atoms with van der Waals surface area (Å²) in [6, 6.07) is 6.41. The Morgan fingerprint density at radius 3 is 1.76 bits per heavy atom. The molecule has 0 saturated heterocycles. The molecular formula is C23H43NO. The van der Waals surface area contributed by atoms with Gasteiger partial charge < -0.3 is 10.1 Å². The van der Waals surface area contributed by atoms with Crippen molar-refractivity contribution < 1.29 is 4.74 Å². The lowest BCUT2D eigenvalue weighted by atomic mass is 9.89. The van der Waals surface area contributed by atoms with Crippen LogP contribution in [-0.2, 0) is 6.42 Å². The average molecular weight is 350 g/mol. The van der Waals surface area contributed by atoms with Gasteiger partial charge in [-0.25, -0.2) is 0 Å². The summed E-state index contributed by atoms with van der Waals surface area (Å²) in [5.41, 5.74) is 3.55. The van der Waals surface area contributed by atoms with E-state index in [2.05, 4.69) is 92.8 Å². The van der Waals surface area contributed by atoms with E-state index in [9.17, 15) is 0 Å². The van der Waals surface area contributed by atoms with Crippen molar-refractivity contribution >= 4 is 0 Å². The SMILES string of the molecule is CC(C)(C)NC(C)(C)C.COc1ccc(C)cc1CCCC(C)(C)C. The van der Waals surface area contributed by atoms with Crippen LogP contribution in [0.25, 0.3) is 0 Å². The fraction of sp³-hybridized carbons (Fsp3) is 0.739. The van der Waals surface area contributed by atoms with Crippen molar-refractivity contribution in [2.24, 2.45) is 5.41 Å². The van der Waals surface area contributed by atoms with Crippen molar-refractivity contribution in [2.75, 3.05) is 7.11 Å². The van der Waals surface area contributed by atoms with Gasteiger partial charge in [0, 0.05) is 11.1 Å². The fourth-order valence-electron chi connectivity index (χ4n) is 3.04. The molecule has 0 aliphatic heterocycles. The summed E-state index contributed by atoms with van der Waals surface area (Å²) in [7, 11) is 1.75. The van der Waals surface area contributed by atoms with E-state index in [0.29, 0.717) is 5.41 Å². The maximum Gasteiger partial charge on any atom is 0.122 e. The van der Waals surface area contributed by atoms with Crippen molar-refractivity contribution in [1.82, 2.24) is 5.32 Å². The Kier molecular flexibility index (Phi) is 9.22. The molecule has 1 rings (SSSR count).